The molecule has 0 amide bonds. The highest BCUT2D eigenvalue weighted by Gasteiger charge is 2.23. The van der Waals surface area contributed by atoms with Gasteiger partial charge in [-0.05, 0) is 44.0 Å². The molecule has 1 aliphatic rings. The number of rotatable bonds is 5. The van der Waals surface area contributed by atoms with Gasteiger partial charge in [0.2, 0.25) is 0 Å². The third-order valence-corrected chi connectivity index (χ3v) is 4.31. The van der Waals surface area contributed by atoms with Gasteiger partial charge >= 0.3 is 0 Å². The molecule has 3 heteroatoms. The molecule has 0 heterocycles. The van der Waals surface area contributed by atoms with Crippen molar-refractivity contribution in [3.05, 3.63) is 30.1 Å². The van der Waals surface area contributed by atoms with Crippen LogP contribution in [0.1, 0.15) is 32.1 Å². The SMILES string of the molecule is CNC(CN(C)c1cccc(F)c1)C1CCCCC1. The standard InChI is InChI=1S/C16H25FN2/c1-18-16(13-7-4-3-5-8-13)12-19(2)15-10-6-9-14(17)11-15/h6,9-11,13,16,18H,3-5,7-8,12H2,1-2H3. The molecule has 1 unspecified atom stereocenters. The zero-order valence-electron chi connectivity index (χ0n) is 12.0. The summed E-state index contributed by atoms with van der Waals surface area (Å²) in [6, 6.07) is 7.34. The minimum atomic E-state index is -0.164. The Hall–Kier alpha value is -1.09. The summed E-state index contributed by atoms with van der Waals surface area (Å²) < 4.78 is 13.3. The monoisotopic (exact) mass is 264 g/mol. The van der Waals surface area contributed by atoms with Crippen molar-refractivity contribution in [2.24, 2.45) is 5.92 Å². The van der Waals surface area contributed by atoms with Gasteiger partial charge in [0.15, 0.2) is 0 Å². The minimum Gasteiger partial charge on any atom is -0.373 e. The average Bonchev–Trinajstić information content (AvgIpc) is 2.45. The Bertz CT molecular complexity index is 388. The van der Waals surface area contributed by atoms with E-state index in [1.807, 2.05) is 20.2 Å². The maximum Gasteiger partial charge on any atom is 0.125 e. The molecule has 2 rings (SSSR count). The Kier molecular flexibility index (Phi) is 5.20. The third kappa shape index (κ3) is 3.93. The second-order valence-corrected chi connectivity index (χ2v) is 5.65. The highest BCUT2D eigenvalue weighted by Crippen LogP contribution is 2.27. The quantitative estimate of drug-likeness (QED) is 0.876. The van der Waals surface area contributed by atoms with Gasteiger partial charge in [0.25, 0.3) is 0 Å². The largest absolute Gasteiger partial charge is 0.373 e. The molecule has 1 fully saturated rings. The summed E-state index contributed by atoms with van der Waals surface area (Å²) in [6.07, 6.45) is 6.73. The van der Waals surface area contributed by atoms with Crippen LogP contribution in [0.4, 0.5) is 10.1 Å². The van der Waals surface area contributed by atoms with E-state index in [2.05, 4.69) is 10.2 Å². The fourth-order valence-electron chi connectivity index (χ4n) is 3.13. The van der Waals surface area contributed by atoms with Gasteiger partial charge in [0, 0.05) is 25.3 Å². The highest BCUT2D eigenvalue weighted by atomic mass is 19.1. The summed E-state index contributed by atoms with van der Waals surface area (Å²) in [5.74, 6) is 0.595. The number of hydrogen-bond acceptors (Lipinski definition) is 2. The van der Waals surface area contributed by atoms with Crippen molar-refractivity contribution >= 4 is 5.69 Å². The Morgan fingerprint density at radius 1 is 1.32 bits per heavy atom. The average molecular weight is 264 g/mol. The van der Waals surface area contributed by atoms with Crippen LogP contribution < -0.4 is 10.2 Å². The lowest BCUT2D eigenvalue weighted by molar-refractivity contribution is 0.280. The summed E-state index contributed by atoms with van der Waals surface area (Å²) in [6.45, 7) is 0.935. The molecule has 1 aliphatic carbocycles. The van der Waals surface area contributed by atoms with E-state index in [1.165, 1.54) is 38.2 Å². The van der Waals surface area contributed by atoms with E-state index in [-0.39, 0.29) is 5.82 Å². The van der Waals surface area contributed by atoms with Crippen LogP contribution in [0.2, 0.25) is 0 Å². The molecule has 1 aromatic carbocycles. The maximum absolute atomic E-state index is 13.3. The first kappa shape index (κ1) is 14.3. The van der Waals surface area contributed by atoms with Gasteiger partial charge < -0.3 is 10.2 Å². The highest BCUT2D eigenvalue weighted by molar-refractivity contribution is 5.45. The molecule has 0 spiro atoms. The molecule has 1 aromatic rings. The third-order valence-electron chi connectivity index (χ3n) is 4.31. The summed E-state index contributed by atoms with van der Waals surface area (Å²) in [5.41, 5.74) is 0.955. The lowest BCUT2D eigenvalue weighted by Crippen LogP contribution is -2.43. The van der Waals surface area contributed by atoms with Gasteiger partial charge in [-0.2, -0.15) is 0 Å². The molecule has 2 nitrogen and oxygen atoms in total. The molecular weight excluding hydrogens is 239 g/mol. The summed E-state index contributed by atoms with van der Waals surface area (Å²) in [4.78, 5) is 2.15. The summed E-state index contributed by atoms with van der Waals surface area (Å²) >= 11 is 0. The van der Waals surface area contributed by atoms with E-state index in [0.29, 0.717) is 6.04 Å². The van der Waals surface area contributed by atoms with Crippen LogP contribution in [0.15, 0.2) is 24.3 Å². The van der Waals surface area contributed by atoms with Gasteiger partial charge in [-0.15, -0.1) is 0 Å². The van der Waals surface area contributed by atoms with E-state index in [0.717, 1.165) is 18.2 Å². The predicted octanol–water partition coefficient (Wildman–Crippen LogP) is 3.43. The van der Waals surface area contributed by atoms with Gasteiger partial charge in [0.05, 0.1) is 0 Å². The fourth-order valence-corrected chi connectivity index (χ4v) is 3.13. The normalized spacial score (nSPS) is 18.3. The van der Waals surface area contributed by atoms with Crippen LogP contribution in [-0.4, -0.2) is 26.7 Å². The van der Waals surface area contributed by atoms with Gasteiger partial charge in [0.1, 0.15) is 5.82 Å². The lowest BCUT2D eigenvalue weighted by Gasteiger charge is -2.33. The molecule has 0 bridgehead atoms. The van der Waals surface area contributed by atoms with Crippen molar-refractivity contribution in [2.45, 2.75) is 38.1 Å². The van der Waals surface area contributed by atoms with E-state index in [1.54, 1.807) is 12.1 Å². The molecule has 1 atom stereocenters. The molecule has 0 radical (unpaired) electrons. The molecular formula is C16H25FN2. The van der Waals surface area contributed by atoms with Crippen LogP contribution >= 0.6 is 0 Å². The Morgan fingerprint density at radius 3 is 2.68 bits per heavy atom. The van der Waals surface area contributed by atoms with Crippen LogP contribution in [0, 0.1) is 11.7 Å². The molecule has 0 saturated heterocycles. The van der Waals surface area contributed by atoms with Gasteiger partial charge in [-0.25, -0.2) is 4.39 Å². The number of nitrogens with one attached hydrogen (secondary N) is 1. The van der Waals surface area contributed by atoms with Crippen molar-refractivity contribution < 1.29 is 4.39 Å². The topological polar surface area (TPSA) is 15.3 Å². The summed E-state index contributed by atoms with van der Waals surface area (Å²) in [5, 5.41) is 3.45. The minimum absolute atomic E-state index is 0.164. The molecule has 0 aromatic heterocycles. The van der Waals surface area contributed by atoms with Crippen LogP contribution in [0.25, 0.3) is 0 Å². The van der Waals surface area contributed by atoms with Crippen molar-refractivity contribution in [3.8, 4) is 0 Å². The van der Waals surface area contributed by atoms with Crippen molar-refractivity contribution in [3.63, 3.8) is 0 Å². The summed E-state index contributed by atoms with van der Waals surface area (Å²) in [7, 11) is 4.08. The number of nitrogens with zero attached hydrogens (tertiary/aromatic N) is 1. The molecule has 1 saturated carbocycles. The van der Waals surface area contributed by atoms with E-state index in [4.69, 9.17) is 0 Å². The molecule has 1 N–H and O–H groups in total. The number of hydrogen-bond donors (Lipinski definition) is 1. The molecule has 0 aliphatic heterocycles. The Balaban J connectivity index is 1.97. The van der Waals surface area contributed by atoms with E-state index in [9.17, 15) is 4.39 Å². The molecule has 19 heavy (non-hydrogen) atoms. The predicted molar refractivity (Wildman–Crippen MR) is 79.1 cm³/mol. The zero-order valence-corrected chi connectivity index (χ0v) is 12.0. The number of benzene rings is 1. The van der Waals surface area contributed by atoms with Crippen molar-refractivity contribution in [2.75, 3.05) is 25.5 Å². The van der Waals surface area contributed by atoms with Crippen molar-refractivity contribution in [1.29, 1.82) is 0 Å². The number of anilines is 1. The number of halogens is 1. The second-order valence-electron chi connectivity index (χ2n) is 5.65. The van der Waals surface area contributed by atoms with Crippen LogP contribution in [0.3, 0.4) is 0 Å². The first-order chi connectivity index (χ1) is 9.20. The van der Waals surface area contributed by atoms with Gasteiger partial charge in [-0.1, -0.05) is 25.3 Å². The fraction of sp³-hybridized carbons (Fsp3) is 0.625. The van der Waals surface area contributed by atoms with Crippen LogP contribution in [0.5, 0.6) is 0 Å². The van der Waals surface area contributed by atoms with E-state index >= 15 is 0 Å². The molecule has 106 valence electrons. The Labute approximate surface area is 116 Å². The van der Waals surface area contributed by atoms with Gasteiger partial charge in [-0.3, -0.25) is 0 Å². The van der Waals surface area contributed by atoms with E-state index < -0.39 is 0 Å². The lowest BCUT2D eigenvalue weighted by atomic mass is 9.83. The second kappa shape index (κ2) is 6.90. The van der Waals surface area contributed by atoms with Crippen LogP contribution in [-0.2, 0) is 0 Å². The zero-order chi connectivity index (χ0) is 13.7. The smallest absolute Gasteiger partial charge is 0.125 e. The number of likely N-dealkylation sites (N-methyl/N-ethyl adjacent to an activating group) is 2. The first-order valence-corrected chi connectivity index (χ1v) is 7.34. The van der Waals surface area contributed by atoms with Crippen molar-refractivity contribution in [1.82, 2.24) is 5.32 Å². The maximum atomic E-state index is 13.3. The first-order valence-electron chi connectivity index (χ1n) is 7.34. The Morgan fingerprint density at radius 2 is 2.05 bits per heavy atom.